The van der Waals surface area contributed by atoms with E-state index in [1.807, 2.05) is 19.2 Å². The summed E-state index contributed by atoms with van der Waals surface area (Å²) in [5.74, 6) is 0.529. The summed E-state index contributed by atoms with van der Waals surface area (Å²) in [6.07, 6.45) is 3.33. The number of H-pyrrole nitrogens is 1. The van der Waals surface area contributed by atoms with Crippen LogP contribution in [0.5, 0.6) is 0 Å². The zero-order valence-corrected chi connectivity index (χ0v) is 18.8. The Morgan fingerprint density at radius 1 is 1.25 bits per heavy atom. The molecule has 5 rings (SSSR count). The lowest BCUT2D eigenvalue weighted by Gasteiger charge is -2.36. The maximum absolute atomic E-state index is 8.92. The Hall–Kier alpha value is -3.43. The number of aromatic amines is 1. The average Bonchev–Trinajstić information content (AvgIpc) is 3.41. The minimum atomic E-state index is 0.471. The second-order valence-corrected chi connectivity index (χ2v) is 9.04. The molecule has 1 aliphatic heterocycles. The molecule has 0 aliphatic carbocycles. The summed E-state index contributed by atoms with van der Waals surface area (Å²) in [7, 11) is 0. The SMILES string of the molecule is Cc1cc(-c2nc(Nc3ccc(N4CCNCC4C)cc3)nc3[nH]ccc23)sc1C=NO. The largest absolute Gasteiger partial charge is 0.411 e. The van der Waals surface area contributed by atoms with Crippen LogP contribution in [0.1, 0.15) is 17.4 Å². The predicted octanol–water partition coefficient (Wildman–Crippen LogP) is 4.34. The van der Waals surface area contributed by atoms with Gasteiger partial charge in [-0.15, -0.1) is 11.3 Å². The summed E-state index contributed by atoms with van der Waals surface area (Å²) in [4.78, 5) is 17.0. The smallest absolute Gasteiger partial charge is 0.229 e. The Kier molecular flexibility index (Phi) is 5.50. The van der Waals surface area contributed by atoms with Crippen molar-refractivity contribution in [3.8, 4) is 10.6 Å². The van der Waals surface area contributed by atoms with Gasteiger partial charge in [-0.05, 0) is 55.8 Å². The number of aryl methyl sites for hydroxylation is 1. The number of hydrogen-bond acceptors (Lipinski definition) is 8. The zero-order valence-electron chi connectivity index (χ0n) is 18.0. The molecule has 4 aromatic rings. The van der Waals surface area contributed by atoms with Gasteiger partial charge in [0, 0.05) is 48.6 Å². The van der Waals surface area contributed by atoms with Gasteiger partial charge in [0.1, 0.15) is 5.65 Å². The minimum Gasteiger partial charge on any atom is -0.411 e. The first-order valence-electron chi connectivity index (χ1n) is 10.6. The molecular weight excluding hydrogens is 422 g/mol. The van der Waals surface area contributed by atoms with E-state index in [-0.39, 0.29) is 0 Å². The van der Waals surface area contributed by atoms with Crippen molar-refractivity contribution in [1.29, 1.82) is 0 Å². The van der Waals surface area contributed by atoms with Crippen molar-refractivity contribution in [3.63, 3.8) is 0 Å². The van der Waals surface area contributed by atoms with Gasteiger partial charge in [0.05, 0.1) is 21.7 Å². The fourth-order valence-electron chi connectivity index (χ4n) is 4.07. The summed E-state index contributed by atoms with van der Waals surface area (Å²) in [6.45, 7) is 7.25. The third-order valence-corrected chi connectivity index (χ3v) is 6.92. The van der Waals surface area contributed by atoms with Crippen LogP contribution in [0.4, 0.5) is 17.3 Å². The molecule has 0 bridgehead atoms. The number of hydrogen-bond donors (Lipinski definition) is 4. The Morgan fingerprint density at radius 2 is 2.09 bits per heavy atom. The quantitative estimate of drug-likeness (QED) is 0.206. The van der Waals surface area contributed by atoms with Crippen molar-refractivity contribution in [2.45, 2.75) is 19.9 Å². The van der Waals surface area contributed by atoms with Crippen LogP contribution in [0.2, 0.25) is 0 Å². The fraction of sp³-hybridized carbons (Fsp3) is 0.261. The van der Waals surface area contributed by atoms with E-state index in [0.29, 0.717) is 12.0 Å². The lowest BCUT2D eigenvalue weighted by molar-refractivity contribution is 0.322. The van der Waals surface area contributed by atoms with Crippen LogP contribution in [0, 0.1) is 6.92 Å². The fourth-order valence-corrected chi connectivity index (χ4v) is 5.11. The highest BCUT2D eigenvalue weighted by Gasteiger charge is 2.18. The van der Waals surface area contributed by atoms with Gasteiger partial charge in [-0.3, -0.25) is 0 Å². The number of fused-ring (bicyclic) bond motifs is 1. The number of thiophene rings is 1. The van der Waals surface area contributed by atoms with Crippen molar-refractivity contribution in [3.05, 3.63) is 53.0 Å². The molecule has 1 unspecified atom stereocenters. The maximum atomic E-state index is 8.92. The molecule has 0 saturated carbocycles. The zero-order chi connectivity index (χ0) is 22.1. The second kappa shape index (κ2) is 8.60. The van der Waals surface area contributed by atoms with Crippen LogP contribution < -0.4 is 15.5 Å². The molecule has 3 aromatic heterocycles. The number of oxime groups is 1. The molecule has 32 heavy (non-hydrogen) atoms. The number of rotatable bonds is 5. The van der Waals surface area contributed by atoms with Crippen molar-refractivity contribution >= 4 is 45.9 Å². The molecule has 1 fully saturated rings. The van der Waals surface area contributed by atoms with E-state index < -0.39 is 0 Å². The Balaban J connectivity index is 1.44. The van der Waals surface area contributed by atoms with E-state index in [4.69, 9.17) is 10.2 Å². The summed E-state index contributed by atoms with van der Waals surface area (Å²) in [6, 6.07) is 12.9. The molecule has 1 aromatic carbocycles. The van der Waals surface area contributed by atoms with E-state index >= 15 is 0 Å². The topological polar surface area (TPSA) is 101 Å². The first-order valence-corrected chi connectivity index (χ1v) is 11.4. The average molecular weight is 448 g/mol. The molecular formula is C23H25N7OS. The first-order chi connectivity index (χ1) is 15.6. The Morgan fingerprint density at radius 3 is 2.88 bits per heavy atom. The van der Waals surface area contributed by atoms with Crippen molar-refractivity contribution in [2.75, 3.05) is 29.9 Å². The third-order valence-electron chi connectivity index (χ3n) is 5.74. The first kappa shape index (κ1) is 20.5. The molecule has 9 heteroatoms. The van der Waals surface area contributed by atoms with Gasteiger partial charge in [-0.25, -0.2) is 4.98 Å². The van der Waals surface area contributed by atoms with Crippen molar-refractivity contribution in [1.82, 2.24) is 20.3 Å². The maximum Gasteiger partial charge on any atom is 0.229 e. The van der Waals surface area contributed by atoms with Crippen LogP contribution in [0.3, 0.4) is 0 Å². The van der Waals surface area contributed by atoms with Gasteiger partial charge in [-0.2, -0.15) is 4.98 Å². The van der Waals surface area contributed by atoms with E-state index in [1.165, 1.54) is 23.2 Å². The number of anilines is 3. The predicted molar refractivity (Wildman–Crippen MR) is 131 cm³/mol. The second-order valence-electron chi connectivity index (χ2n) is 7.96. The number of nitrogens with one attached hydrogen (secondary N) is 3. The summed E-state index contributed by atoms with van der Waals surface area (Å²) in [5, 5.41) is 19.8. The standard InChI is InChI=1S/C23H25N7OS/c1-14-11-19(32-20(14)13-26-31)21-18-7-8-25-22(18)29-23(28-21)27-16-3-5-17(6-4-16)30-10-9-24-12-15(30)2/h3-8,11,13,15,24,31H,9-10,12H2,1-2H3,(H2,25,27,28,29). The van der Waals surface area contributed by atoms with Gasteiger partial charge in [0.25, 0.3) is 0 Å². The van der Waals surface area contributed by atoms with E-state index in [9.17, 15) is 0 Å². The van der Waals surface area contributed by atoms with Crippen molar-refractivity contribution < 1.29 is 5.21 Å². The van der Waals surface area contributed by atoms with E-state index in [0.717, 1.165) is 57.4 Å². The third kappa shape index (κ3) is 3.92. The molecule has 4 heterocycles. The number of nitrogens with zero attached hydrogens (tertiary/aromatic N) is 4. The highest BCUT2D eigenvalue weighted by atomic mass is 32.1. The Labute approximate surface area is 190 Å². The van der Waals surface area contributed by atoms with Crippen LogP contribution in [-0.2, 0) is 0 Å². The molecule has 0 amide bonds. The monoisotopic (exact) mass is 447 g/mol. The van der Waals surface area contributed by atoms with E-state index in [2.05, 4.69) is 67.9 Å². The molecule has 4 N–H and O–H groups in total. The van der Waals surface area contributed by atoms with Gasteiger partial charge in [-0.1, -0.05) is 5.16 Å². The molecule has 0 spiro atoms. The highest BCUT2D eigenvalue weighted by Crippen LogP contribution is 2.34. The minimum absolute atomic E-state index is 0.471. The van der Waals surface area contributed by atoms with Crippen LogP contribution in [-0.4, -0.2) is 52.0 Å². The molecule has 0 radical (unpaired) electrons. The van der Waals surface area contributed by atoms with Gasteiger partial charge in [0.15, 0.2) is 0 Å². The number of piperazine rings is 1. The van der Waals surface area contributed by atoms with Crippen LogP contribution >= 0.6 is 11.3 Å². The number of benzene rings is 1. The molecule has 164 valence electrons. The molecule has 1 aliphatic rings. The molecule has 8 nitrogen and oxygen atoms in total. The van der Waals surface area contributed by atoms with E-state index in [1.54, 1.807) is 0 Å². The van der Waals surface area contributed by atoms with Gasteiger partial charge < -0.3 is 25.7 Å². The number of aromatic nitrogens is 3. The van der Waals surface area contributed by atoms with Gasteiger partial charge >= 0.3 is 0 Å². The highest BCUT2D eigenvalue weighted by molar-refractivity contribution is 7.17. The summed E-state index contributed by atoms with van der Waals surface area (Å²) >= 11 is 1.54. The lowest BCUT2D eigenvalue weighted by Crippen LogP contribution is -2.49. The summed E-state index contributed by atoms with van der Waals surface area (Å²) < 4.78 is 0. The van der Waals surface area contributed by atoms with Crippen LogP contribution in [0.15, 0.2) is 47.8 Å². The van der Waals surface area contributed by atoms with Crippen molar-refractivity contribution in [2.24, 2.45) is 5.16 Å². The summed E-state index contributed by atoms with van der Waals surface area (Å²) in [5.41, 5.74) is 4.81. The normalized spacial score (nSPS) is 16.8. The molecule has 1 saturated heterocycles. The van der Waals surface area contributed by atoms with Crippen LogP contribution in [0.25, 0.3) is 21.6 Å². The molecule has 1 atom stereocenters. The lowest BCUT2D eigenvalue weighted by atomic mass is 10.1. The Bertz CT molecular complexity index is 1260. The van der Waals surface area contributed by atoms with Gasteiger partial charge in [0.2, 0.25) is 5.95 Å².